The normalized spacial score (nSPS) is 25.3. The summed E-state index contributed by atoms with van der Waals surface area (Å²) in [6.07, 6.45) is 9.48. The summed E-state index contributed by atoms with van der Waals surface area (Å²) >= 11 is 0. The molecule has 2 aliphatic rings. The summed E-state index contributed by atoms with van der Waals surface area (Å²) in [5, 5.41) is 3.43. The second kappa shape index (κ2) is 7.13. The minimum absolute atomic E-state index is 0.414. The number of nitrogens with zero attached hydrogens (tertiary/aromatic N) is 1. The van der Waals surface area contributed by atoms with Crippen molar-refractivity contribution >= 4 is 5.91 Å². The third-order valence-corrected chi connectivity index (χ3v) is 4.43. The van der Waals surface area contributed by atoms with Crippen LogP contribution in [-0.2, 0) is 4.79 Å². The van der Waals surface area contributed by atoms with E-state index in [-0.39, 0.29) is 0 Å². The molecule has 0 radical (unpaired) electrons. The number of nitrogens with one attached hydrogen (secondary N) is 1. The van der Waals surface area contributed by atoms with Gasteiger partial charge in [-0.1, -0.05) is 19.8 Å². The van der Waals surface area contributed by atoms with Gasteiger partial charge in [-0.05, 0) is 44.6 Å². The third-order valence-electron chi connectivity index (χ3n) is 4.43. The first-order chi connectivity index (χ1) is 8.81. The zero-order valence-electron chi connectivity index (χ0n) is 11.8. The Morgan fingerprint density at radius 2 is 2.00 bits per heavy atom. The molecule has 18 heavy (non-hydrogen) atoms. The van der Waals surface area contributed by atoms with Gasteiger partial charge in [0.25, 0.3) is 0 Å². The van der Waals surface area contributed by atoms with E-state index in [1.54, 1.807) is 0 Å². The van der Waals surface area contributed by atoms with Gasteiger partial charge in [0, 0.05) is 25.6 Å². The van der Waals surface area contributed by atoms with E-state index >= 15 is 0 Å². The number of amides is 1. The maximum absolute atomic E-state index is 12.5. The highest BCUT2D eigenvalue weighted by Gasteiger charge is 2.27. The van der Waals surface area contributed by atoms with Crippen molar-refractivity contribution in [3.63, 3.8) is 0 Å². The number of carbonyl (C=O) groups excluding carboxylic acids is 1. The molecule has 0 aromatic rings. The van der Waals surface area contributed by atoms with Crippen molar-refractivity contribution in [2.75, 3.05) is 19.6 Å². The lowest BCUT2D eigenvalue weighted by molar-refractivity contribution is -0.135. The van der Waals surface area contributed by atoms with Crippen LogP contribution in [0, 0.1) is 5.92 Å². The van der Waals surface area contributed by atoms with Crippen LogP contribution in [0.25, 0.3) is 0 Å². The maximum atomic E-state index is 12.5. The lowest BCUT2D eigenvalue weighted by atomic mass is 10.0. The van der Waals surface area contributed by atoms with Crippen LogP contribution in [0.15, 0.2) is 0 Å². The smallest absolute Gasteiger partial charge is 0.223 e. The molecule has 1 unspecified atom stereocenters. The van der Waals surface area contributed by atoms with Crippen LogP contribution in [0.3, 0.4) is 0 Å². The summed E-state index contributed by atoms with van der Waals surface area (Å²) in [7, 11) is 0. The van der Waals surface area contributed by atoms with E-state index in [1.807, 2.05) is 0 Å². The van der Waals surface area contributed by atoms with Gasteiger partial charge >= 0.3 is 0 Å². The lowest BCUT2D eigenvalue weighted by Crippen LogP contribution is -2.49. The Morgan fingerprint density at radius 1 is 1.22 bits per heavy atom. The van der Waals surface area contributed by atoms with Crippen LogP contribution >= 0.6 is 0 Å². The zero-order chi connectivity index (χ0) is 12.8. The molecule has 0 aromatic carbocycles. The molecule has 3 nitrogen and oxygen atoms in total. The molecule has 0 bridgehead atoms. The van der Waals surface area contributed by atoms with E-state index in [2.05, 4.69) is 17.1 Å². The average Bonchev–Trinajstić information content (AvgIpc) is 2.89. The first-order valence-electron chi connectivity index (χ1n) is 7.81. The summed E-state index contributed by atoms with van der Waals surface area (Å²) in [4.78, 5) is 14.7. The Bertz CT molecular complexity index is 255. The molecule has 0 spiro atoms. The molecule has 1 amide bonds. The highest BCUT2D eigenvalue weighted by Crippen LogP contribution is 2.28. The van der Waals surface area contributed by atoms with Gasteiger partial charge in [0.1, 0.15) is 0 Å². The fraction of sp³-hybridized carbons (Fsp3) is 0.933. The van der Waals surface area contributed by atoms with Crippen LogP contribution in [0.1, 0.15) is 58.3 Å². The third kappa shape index (κ3) is 3.71. The molecule has 1 aliphatic carbocycles. The van der Waals surface area contributed by atoms with E-state index in [0.717, 1.165) is 32.5 Å². The fourth-order valence-corrected chi connectivity index (χ4v) is 3.43. The summed E-state index contributed by atoms with van der Waals surface area (Å²) in [6.45, 7) is 5.23. The summed E-state index contributed by atoms with van der Waals surface area (Å²) < 4.78 is 0. The zero-order valence-corrected chi connectivity index (χ0v) is 11.8. The Morgan fingerprint density at radius 3 is 2.61 bits per heavy atom. The second-order valence-corrected chi connectivity index (χ2v) is 5.94. The molecular weight excluding hydrogens is 224 g/mol. The van der Waals surface area contributed by atoms with E-state index in [0.29, 0.717) is 17.9 Å². The quantitative estimate of drug-likeness (QED) is 0.815. The molecule has 2 rings (SSSR count). The first kappa shape index (κ1) is 13.9. The van der Waals surface area contributed by atoms with Crippen molar-refractivity contribution in [3.05, 3.63) is 0 Å². The number of rotatable bonds is 5. The summed E-state index contributed by atoms with van der Waals surface area (Å²) in [5.74, 6) is 1.09. The van der Waals surface area contributed by atoms with Crippen molar-refractivity contribution in [1.82, 2.24) is 10.2 Å². The van der Waals surface area contributed by atoms with E-state index in [4.69, 9.17) is 0 Å². The van der Waals surface area contributed by atoms with E-state index < -0.39 is 0 Å². The Kier molecular flexibility index (Phi) is 5.48. The Labute approximate surface area is 111 Å². The molecule has 1 saturated carbocycles. The largest absolute Gasteiger partial charge is 0.338 e. The monoisotopic (exact) mass is 252 g/mol. The standard InChI is InChI=1S/C15H28N2O/c1-2-10-17(14-8-5-9-16-12-14)15(18)11-13-6-3-4-7-13/h13-14,16H,2-12H2,1H3. The number of hydrogen-bond acceptors (Lipinski definition) is 2. The van der Waals surface area contributed by atoms with Gasteiger partial charge in [0.2, 0.25) is 5.91 Å². The molecule has 104 valence electrons. The predicted octanol–water partition coefficient (Wildman–Crippen LogP) is 2.56. The minimum Gasteiger partial charge on any atom is -0.338 e. The fourth-order valence-electron chi connectivity index (χ4n) is 3.43. The SMILES string of the molecule is CCCN(C(=O)CC1CCCC1)C1CCCNC1. The molecule has 1 heterocycles. The Balaban J connectivity index is 1.87. The number of piperidine rings is 1. The molecule has 3 heteroatoms. The van der Waals surface area contributed by atoms with Crippen LogP contribution in [0.2, 0.25) is 0 Å². The summed E-state index contributed by atoms with van der Waals surface area (Å²) in [5.41, 5.74) is 0. The van der Waals surface area contributed by atoms with Crippen LogP contribution in [0.5, 0.6) is 0 Å². The summed E-state index contributed by atoms with van der Waals surface area (Å²) in [6, 6.07) is 0.451. The molecule has 0 aromatic heterocycles. The second-order valence-electron chi connectivity index (χ2n) is 5.94. The van der Waals surface area contributed by atoms with Crippen molar-refractivity contribution in [3.8, 4) is 0 Å². The van der Waals surface area contributed by atoms with Gasteiger partial charge in [-0.25, -0.2) is 0 Å². The average molecular weight is 252 g/mol. The van der Waals surface area contributed by atoms with E-state index in [9.17, 15) is 4.79 Å². The van der Waals surface area contributed by atoms with Gasteiger partial charge in [-0.2, -0.15) is 0 Å². The molecule has 1 saturated heterocycles. The van der Waals surface area contributed by atoms with Gasteiger partial charge in [0.15, 0.2) is 0 Å². The Hall–Kier alpha value is -0.570. The minimum atomic E-state index is 0.414. The topological polar surface area (TPSA) is 32.3 Å². The van der Waals surface area contributed by atoms with Crippen molar-refractivity contribution in [2.24, 2.45) is 5.92 Å². The van der Waals surface area contributed by atoms with Crippen LogP contribution in [-0.4, -0.2) is 36.5 Å². The van der Waals surface area contributed by atoms with Gasteiger partial charge in [-0.3, -0.25) is 4.79 Å². The first-order valence-corrected chi connectivity index (χ1v) is 7.81. The number of hydrogen-bond donors (Lipinski definition) is 1. The highest BCUT2D eigenvalue weighted by atomic mass is 16.2. The molecule has 1 atom stereocenters. The molecule has 1 N–H and O–H groups in total. The lowest BCUT2D eigenvalue weighted by Gasteiger charge is -2.35. The van der Waals surface area contributed by atoms with E-state index in [1.165, 1.54) is 38.5 Å². The maximum Gasteiger partial charge on any atom is 0.223 e. The molecule has 1 aliphatic heterocycles. The molecular formula is C15H28N2O. The van der Waals surface area contributed by atoms with Crippen LogP contribution < -0.4 is 5.32 Å². The van der Waals surface area contributed by atoms with Gasteiger partial charge in [-0.15, -0.1) is 0 Å². The van der Waals surface area contributed by atoms with Crippen molar-refractivity contribution in [2.45, 2.75) is 64.3 Å². The molecule has 2 fully saturated rings. The number of carbonyl (C=O) groups is 1. The van der Waals surface area contributed by atoms with Gasteiger partial charge in [0.05, 0.1) is 0 Å². The van der Waals surface area contributed by atoms with Gasteiger partial charge < -0.3 is 10.2 Å². The predicted molar refractivity (Wildman–Crippen MR) is 74.5 cm³/mol. The van der Waals surface area contributed by atoms with Crippen LogP contribution in [0.4, 0.5) is 0 Å². The van der Waals surface area contributed by atoms with Crippen molar-refractivity contribution in [1.29, 1.82) is 0 Å². The van der Waals surface area contributed by atoms with Crippen molar-refractivity contribution < 1.29 is 4.79 Å². The highest BCUT2D eigenvalue weighted by molar-refractivity contribution is 5.76.